The Labute approximate surface area is 209 Å². The van der Waals surface area contributed by atoms with Gasteiger partial charge >= 0.3 is 6.09 Å². The van der Waals surface area contributed by atoms with Crippen molar-refractivity contribution >= 4 is 27.3 Å². The van der Waals surface area contributed by atoms with Gasteiger partial charge in [0, 0.05) is 36.1 Å². The fourth-order valence-electron chi connectivity index (χ4n) is 4.57. The van der Waals surface area contributed by atoms with Gasteiger partial charge in [-0.05, 0) is 70.6 Å². The Morgan fingerprint density at radius 1 is 1.17 bits per heavy atom. The van der Waals surface area contributed by atoms with Crippen LogP contribution in [0.5, 0.6) is 0 Å². The van der Waals surface area contributed by atoms with Gasteiger partial charge < -0.3 is 10.1 Å². The van der Waals surface area contributed by atoms with E-state index in [9.17, 15) is 13.2 Å². The minimum atomic E-state index is -3.42. The zero-order valence-electron chi connectivity index (χ0n) is 19.9. The topological polar surface area (TPSA) is 103 Å². The van der Waals surface area contributed by atoms with Gasteiger partial charge in [0.2, 0.25) is 0 Å². The number of carbonyl (C=O) groups is 1. The fraction of sp³-hybridized carbons (Fsp3) is 0.480. The molecule has 10 heteroatoms. The van der Waals surface area contributed by atoms with Crippen molar-refractivity contribution in [2.24, 2.45) is 0 Å². The first-order valence-corrected chi connectivity index (χ1v) is 14.5. The summed E-state index contributed by atoms with van der Waals surface area (Å²) in [5, 5.41) is 7.94. The molecule has 1 aromatic carbocycles. The molecule has 8 nitrogen and oxygen atoms in total. The van der Waals surface area contributed by atoms with Crippen molar-refractivity contribution in [1.82, 2.24) is 20.1 Å². The smallest absolute Gasteiger partial charge is 0.407 e. The number of amides is 1. The second-order valence-electron chi connectivity index (χ2n) is 9.59. The molecule has 2 heterocycles. The van der Waals surface area contributed by atoms with Gasteiger partial charge in [0.15, 0.2) is 9.84 Å². The summed E-state index contributed by atoms with van der Waals surface area (Å²) in [7, 11) is -3.42. The summed E-state index contributed by atoms with van der Waals surface area (Å²) in [5.74, 6) is 0.305. The van der Waals surface area contributed by atoms with Crippen molar-refractivity contribution in [3.05, 3.63) is 47.9 Å². The Morgan fingerprint density at radius 3 is 2.60 bits per heavy atom. The number of rotatable bonds is 7. The summed E-state index contributed by atoms with van der Waals surface area (Å²) in [5.41, 5.74) is 1.44. The first kappa shape index (κ1) is 24.0. The molecule has 0 bridgehead atoms. The lowest BCUT2D eigenvalue weighted by Gasteiger charge is -2.28. The van der Waals surface area contributed by atoms with Gasteiger partial charge in [-0.3, -0.25) is 0 Å². The van der Waals surface area contributed by atoms with Crippen LogP contribution < -0.4 is 5.32 Å². The van der Waals surface area contributed by atoms with Gasteiger partial charge in [0.25, 0.3) is 0 Å². The Balaban J connectivity index is 1.35. The third-order valence-corrected chi connectivity index (χ3v) is 10.0. The second-order valence-corrected chi connectivity index (χ2v) is 12.8. The van der Waals surface area contributed by atoms with Crippen LogP contribution >= 0.6 is 11.3 Å². The van der Waals surface area contributed by atoms with E-state index in [2.05, 4.69) is 10.4 Å². The van der Waals surface area contributed by atoms with Crippen LogP contribution in [0.3, 0.4) is 0 Å². The molecular weight excluding hydrogens is 484 g/mol. The number of sulfone groups is 1. The molecule has 2 fully saturated rings. The van der Waals surface area contributed by atoms with Crippen LogP contribution in [-0.2, 0) is 14.6 Å². The van der Waals surface area contributed by atoms with E-state index in [0.717, 1.165) is 41.3 Å². The summed E-state index contributed by atoms with van der Waals surface area (Å²) in [4.78, 5) is 17.8. The highest BCUT2D eigenvalue weighted by molar-refractivity contribution is 7.92. The van der Waals surface area contributed by atoms with Crippen LogP contribution in [0.1, 0.15) is 63.3 Å². The summed E-state index contributed by atoms with van der Waals surface area (Å²) in [6.45, 7) is 3.67. The van der Waals surface area contributed by atoms with E-state index in [4.69, 9.17) is 9.72 Å². The number of aromatic nitrogens is 3. The van der Waals surface area contributed by atoms with Crippen LogP contribution in [-0.4, -0.2) is 46.7 Å². The van der Waals surface area contributed by atoms with Crippen molar-refractivity contribution in [3.63, 3.8) is 0 Å². The standard InChI is InChI=1S/C25H30N4O4S2/c1-16(2)33-25(30)28-18-6-4-17(5-7-18)24-26-15-22(34-24)21-11-8-19(29-13-3-12-27-29)14-23(21)35(31,32)20-9-10-20/h3,8,11-18,20H,4-7,9-10H2,1-2H3,(H,28,30)/t17-,18-. The molecule has 2 aromatic heterocycles. The van der Waals surface area contributed by atoms with Crippen LogP contribution in [0.25, 0.3) is 16.1 Å². The maximum Gasteiger partial charge on any atom is 0.407 e. The molecule has 2 aliphatic rings. The zero-order chi connectivity index (χ0) is 24.6. The van der Waals surface area contributed by atoms with Gasteiger partial charge in [-0.2, -0.15) is 5.10 Å². The Morgan fingerprint density at radius 2 is 1.94 bits per heavy atom. The van der Waals surface area contributed by atoms with Crippen molar-refractivity contribution < 1.29 is 17.9 Å². The second kappa shape index (κ2) is 9.73. The van der Waals surface area contributed by atoms with Crippen molar-refractivity contribution in [2.75, 3.05) is 0 Å². The fourth-order valence-corrected chi connectivity index (χ4v) is 7.65. The molecule has 186 valence electrons. The first-order chi connectivity index (χ1) is 16.8. The third-order valence-electron chi connectivity index (χ3n) is 6.53. The Hall–Kier alpha value is -2.72. The molecule has 35 heavy (non-hydrogen) atoms. The maximum absolute atomic E-state index is 13.3. The largest absolute Gasteiger partial charge is 0.447 e. The summed E-state index contributed by atoms with van der Waals surface area (Å²) in [6, 6.07) is 7.45. The minimum Gasteiger partial charge on any atom is -0.447 e. The van der Waals surface area contributed by atoms with Crippen LogP contribution in [0.2, 0.25) is 0 Å². The Bertz CT molecular complexity index is 1290. The van der Waals surface area contributed by atoms with E-state index >= 15 is 0 Å². The van der Waals surface area contributed by atoms with E-state index in [1.54, 1.807) is 40.7 Å². The molecule has 0 saturated heterocycles. The average Bonchev–Trinajstić information content (AvgIpc) is 3.35. The molecule has 1 amide bonds. The first-order valence-electron chi connectivity index (χ1n) is 12.1. The molecule has 3 aromatic rings. The van der Waals surface area contributed by atoms with Crippen LogP contribution in [0.4, 0.5) is 4.79 Å². The molecule has 0 aliphatic heterocycles. The molecule has 0 atom stereocenters. The Kier molecular flexibility index (Phi) is 6.67. The molecule has 0 unspecified atom stereocenters. The molecule has 0 spiro atoms. The molecule has 0 radical (unpaired) electrons. The predicted octanol–water partition coefficient (Wildman–Crippen LogP) is 5.09. The maximum atomic E-state index is 13.3. The van der Waals surface area contributed by atoms with Crippen LogP contribution in [0.15, 0.2) is 47.8 Å². The van der Waals surface area contributed by atoms with Crippen LogP contribution in [0, 0.1) is 0 Å². The number of alkyl carbamates (subject to hydrolysis) is 1. The van der Waals surface area contributed by atoms with E-state index in [0.29, 0.717) is 29.2 Å². The number of nitrogens with zero attached hydrogens (tertiary/aromatic N) is 3. The van der Waals surface area contributed by atoms with Crippen molar-refractivity contribution in [2.45, 2.75) is 80.6 Å². The molecular formula is C25H30N4O4S2. The van der Waals surface area contributed by atoms with Crippen molar-refractivity contribution in [3.8, 4) is 16.1 Å². The highest BCUT2D eigenvalue weighted by Gasteiger charge is 2.39. The number of ether oxygens (including phenoxy) is 1. The summed E-state index contributed by atoms with van der Waals surface area (Å²) >= 11 is 1.57. The zero-order valence-corrected chi connectivity index (χ0v) is 21.5. The number of benzene rings is 1. The SMILES string of the molecule is CC(C)OC(=O)N[C@H]1CC[C@H](c2ncc(-c3ccc(-n4cccn4)cc3S(=O)(=O)C3CC3)s2)CC1. The molecule has 2 saturated carbocycles. The molecule has 5 rings (SSSR count). The van der Waals surface area contributed by atoms with E-state index < -0.39 is 9.84 Å². The highest BCUT2D eigenvalue weighted by Crippen LogP contribution is 2.42. The molecule has 2 aliphatic carbocycles. The lowest BCUT2D eigenvalue weighted by atomic mass is 9.86. The van der Waals surface area contributed by atoms with E-state index in [1.165, 1.54) is 0 Å². The number of hydrogen-bond acceptors (Lipinski definition) is 7. The van der Waals surface area contributed by atoms with E-state index in [-0.39, 0.29) is 23.5 Å². The van der Waals surface area contributed by atoms with E-state index in [1.807, 2.05) is 32.0 Å². The monoisotopic (exact) mass is 514 g/mol. The normalized spacial score (nSPS) is 20.7. The van der Waals surface area contributed by atoms with Crippen molar-refractivity contribution in [1.29, 1.82) is 0 Å². The lowest BCUT2D eigenvalue weighted by molar-refractivity contribution is 0.109. The van der Waals surface area contributed by atoms with Gasteiger partial charge in [-0.1, -0.05) is 6.07 Å². The number of carbonyl (C=O) groups excluding carboxylic acids is 1. The third kappa shape index (κ3) is 5.28. The van der Waals surface area contributed by atoms with Gasteiger partial charge in [0.1, 0.15) is 0 Å². The summed E-state index contributed by atoms with van der Waals surface area (Å²) in [6.07, 6.45) is 9.80. The predicted molar refractivity (Wildman–Crippen MR) is 135 cm³/mol. The average molecular weight is 515 g/mol. The summed E-state index contributed by atoms with van der Waals surface area (Å²) < 4.78 is 33.5. The molecule has 1 N–H and O–H groups in total. The number of thiazole rings is 1. The van der Waals surface area contributed by atoms with Gasteiger partial charge in [0.05, 0.1) is 31.8 Å². The van der Waals surface area contributed by atoms with Gasteiger partial charge in [-0.25, -0.2) is 22.9 Å². The van der Waals surface area contributed by atoms with Gasteiger partial charge in [-0.15, -0.1) is 11.3 Å². The number of nitrogens with one attached hydrogen (secondary N) is 1. The lowest BCUT2D eigenvalue weighted by Crippen LogP contribution is -2.38. The quantitative estimate of drug-likeness (QED) is 0.471. The highest BCUT2D eigenvalue weighted by atomic mass is 32.2. The number of hydrogen-bond donors (Lipinski definition) is 1. The minimum absolute atomic E-state index is 0.113.